The van der Waals surface area contributed by atoms with Crippen molar-refractivity contribution in [3.8, 4) is 0 Å². The van der Waals surface area contributed by atoms with E-state index in [1.165, 1.54) is 0 Å². The average molecular weight is 268 g/mol. The maximum absolute atomic E-state index is 13.6. The zero-order valence-electron chi connectivity index (χ0n) is 10.5. The number of hydrogen-bond acceptors (Lipinski definition) is 2. The fraction of sp³-hybridized carbons (Fsp3) is 0.385. The lowest BCUT2D eigenvalue weighted by Gasteiger charge is -2.13. The molecule has 0 saturated carbocycles. The molecule has 0 aliphatic carbocycles. The molecule has 4 nitrogen and oxygen atoms in total. The summed E-state index contributed by atoms with van der Waals surface area (Å²) in [4.78, 5) is 24.5. The highest BCUT2D eigenvalue weighted by atomic mass is 19.1. The van der Waals surface area contributed by atoms with Crippen LogP contribution in [0.5, 0.6) is 0 Å². The molecule has 1 heterocycles. The summed E-state index contributed by atoms with van der Waals surface area (Å²) >= 11 is 0. The number of urea groups is 1. The van der Waals surface area contributed by atoms with Gasteiger partial charge in [-0.05, 0) is 18.6 Å². The lowest BCUT2D eigenvalue weighted by atomic mass is 10.1. The van der Waals surface area contributed by atoms with E-state index in [9.17, 15) is 18.4 Å². The van der Waals surface area contributed by atoms with Crippen molar-refractivity contribution in [3.63, 3.8) is 0 Å². The zero-order chi connectivity index (χ0) is 14.0. The van der Waals surface area contributed by atoms with Gasteiger partial charge in [-0.2, -0.15) is 0 Å². The molecule has 19 heavy (non-hydrogen) atoms. The molecule has 0 radical (unpaired) electrons. The number of benzene rings is 1. The second-order valence-electron chi connectivity index (χ2n) is 4.41. The highest BCUT2D eigenvalue weighted by Gasteiger charge is 2.39. The van der Waals surface area contributed by atoms with Gasteiger partial charge in [-0.15, -0.1) is 0 Å². The van der Waals surface area contributed by atoms with E-state index in [2.05, 4.69) is 5.32 Å². The Morgan fingerprint density at radius 2 is 2.05 bits per heavy atom. The minimum Gasteiger partial charge on any atom is -0.325 e. The van der Waals surface area contributed by atoms with Gasteiger partial charge in [-0.3, -0.25) is 4.79 Å². The van der Waals surface area contributed by atoms with E-state index in [0.29, 0.717) is 12.5 Å². The number of hydrogen-bond donors (Lipinski definition) is 1. The summed E-state index contributed by atoms with van der Waals surface area (Å²) in [5.41, 5.74) is -0.220. The fourth-order valence-electron chi connectivity index (χ4n) is 2.03. The van der Waals surface area contributed by atoms with E-state index in [-0.39, 0.29) is 5.69 Å². The Morgan fingerprint density at radius 1 is 1.32 bits per heavy atom. The molecule has 1 fully saturated rings. The standard InChI is InChI=1S/C13H14F2N2O2/c1-2-3-4-10-12(18)17(13(19)16-10)11-6-5-8(14)7-9(11)15/h5-7,10H,2-4H2,1H3,(H,16,19). The summed E-state index contributed by atoms with van der Waals surface area (Å²) in [5.74, 6) is -2.18. The maximum atomic E-state index is 13.6. The van der Waals surface area contributed by atoms with Gasteiger partial charge in [0, 0.05) is 6.07 Å². The van der Waals surface area contributed by atoms with Gasteiger partial charge in [-0.1, -0.05) is 19.8 Å². The number of unbranched alkanes of at least 4 members (excludes halogenated alkanes) is 1. The number of amides is 3. The number of imide groups is 1. The van der Waals surface area contributed by atoms with E-state index >= 15 is 0 Å². The largest absolute Gasteiger partial charge is 0.329 e. The Labute approximate surface area is 109 Å². The highest BCUT2D eigenvalue weighted by molar-refractivity contribution is 6.21. The Kier molecular flexibility index (Phi) is 3.78. The lowest BCUT2D eigenvalue weighted by molar-refractivity contribution is -0.118. The second kappa shape index (κ2) is 5.34. The number of carbonyl (C=O) groups is 2. The molecule has 2 rings (SSSR count). The van der Waals surface area contributed by atoms with E-state index in [4.69, 9.17) is 0 Å². The fourth-order valence-corrected chi connectivity index (χ4v) is 2.03. The quantitative estimate of drug-likeness (QED) is 0.853. The van der Waals surface area contributed by atoms with E-state index in [1.54, 1.807) is 0 Å². The lowest BCUT2D eigenvalue weighted by Crippen LogP contribution is -2.32. The van der Waals surface area contributed by atoms with Crippen molar-refractivity contribution in [1.82, 2.24) is 5.32 Å². The first-order chi connectivity index (χ1) is 9.04. The summed E-state index contributed by atoms with van der Waals surface area (Å²) in [5, 5.41) is 2.51. The molecule has 0 aromatic heterocycles. The molecule has 1 aromatic rings. The van der Waals surface area contributed by atoms with Gasteiger partial charge < -0.3 is 5.32 Å². The van der Waals surface area contributed by atoms with Crippen LogP contribution in [0.2, 0.25) is 0 Å². The van der Waals surface area contributed by atoms with Crippen LogP contribution < -0.4 is 10.2 Å². The number of rotatable bonds is 4. The third-order valence-electron chi connectivity index (χ3n) is 3.02. The van der Waals surface area contributed by atoms with Crippen LogP contribution in [0.1, 0.15) is 26.2 Å². The van der Waals surface area contributed by atoms with Crippen molar-refractivity contribution in [2.45, 2.75) is 32.2 Å². The van der Waals surface area contributed by atoms with Gasteiger partial charge in [-0.25, -0.2) is 18.5 Å². The number of halogens is 2. The van der Waals surface area contributed by atoms with Crippen LogP contribution in [0.15, 0.2) is 18.2 Å². The highest BCUT2D eigenvalue weighted by Crippen LogP contribution is 2.25. The van der Waals surface area contributed by atoms with Gasteiger partial charge >= 0.3 is 6.03 Å². The number of nitrogens with one attached hydrogen (secondary N) is 1. The first-order valence-corrected chi connectivity index (χ1v) is 6.14. The molecule has 0 spiro atoms. The smallest absolute Gasteiger partial charge is 0.325 e. The molecule has 1 unspecified atom stereocenters. The van der Waals surface area contributed by atoms with Crippen LogP contribution in [-0.4, -0.2) is 18.0 Å². The normalized spacial score (nSPS) is 18.9. The van der Waals surface area contributed by atoms with Crippen LogP contribution in [-0.2, 0) is 4.79 Å². The van der Waals surface area contributed by atoms with Gasteiger partial charge in [0.25, 0.3) is 5.91 Å². The molecular weight excluding hydrogens is 254 g/mol. The summed E-state index contributed by atoms with van der Waals surface area (Å²) in [6.45, 7) is 1.97. The molecule has 1 N–H and O–H groups in total. The van der Waals surface area contributed by atoms with Crippen LogP contribution in [0, 0.1) is 11.6 Å². The zero-order valence-corrected chi connectivity index (χ0v) is 10.5. The number of nitrogens with zero attached hydrogens (tertiary/aromatic N) is 1. The summed E-state index contributed by atoms with van der Waals surface area (Å²) in [6.07, 6.45) is 2.20. The molecule has 0 bridgehead atoms. The van der Waals surface area contributed by atoms with Crippen molar-refractivity contribution in [3.05, 3.63) is 29.8 Å². The van der Waals surface area contributed by atoms with Gasteiger partial charge in [0.2, 0.25) is 0 Å². The molecule has 102 valence electrons. The maximum Gasteiger partial charge on any atom is 0.329 e. The molecule has 1 saturated heterocycles. The van der Waals surface area contributed by atoms with Gasteiger partial charge in [0.1, 0.15) is 17.7 Å². The summed E-state index contributed by atoms with van der Waals surface area (Å²) < 4.78 is 26.4. The average Bonchev–Trinajstić information content (AvgIpc) is 2.63. The SMILES string of the molecule is CCCCC1NC(=O)N(c2ccc(F)cc2F)C1=O. The van der Waals surface area contributed by atoms with Crippen LogP contribution in [0.3, 0.4) is 0 Å². The van der Waals surface area contributed by atoms with Crippen molar-refractivity contribution >= 4 is 17.6 Å². The van der Waals surface area contributed by atoms with Crippen LogP contribution >= 0.6 is 0 Å². The van der Waals surface area contributed by atoms with Gasteiger partial charge in [0.15, 0.2) is 0 Å². The third kappa shape index (κ3) is 2.57. The van der Waals surface area contributed by atoms with E-state index in [1.807, 2.05) is 6.92 Å². The Hall–Kier alpha value is -1.98. The Bertz CT molecular complexity index is 519. The first kappa shape index (κ1) is 13.5. The predicted octanol–water partition coefficient (Wildman–Crippen LogP) is 2.58. The monoisotopic (exact) mass is 268 g/mol. The first-order valence-electron chi connectivity index (χ1n) is 6.14. The van der Waals surface area contributed by atoms with Crippen molar-refractivity contribution in [2.75, 3.05) is 4.90 Å². The molecule has 1 aliphatic rings. The number of anilines is 1. The predicted molar refractivity (Wildman–Crippen MR) is 65.7 cm³/mol. The number of carbonyl (C=O) groups excluding carboxylic acids is 2. The van der Waals surface area contributed by atoms with Gasteiger partial charge in [0.05, 0.1) is 5.69 Å². The molecule has 1 atom stereocenters. The second-order valence-corrected chi connectivity index (χ2v) is 4.41. The molecule has 1 aliphatic heterocycles. The van der Waals surface area contributed by atoms with Crippen LogP contribution in [0.25, 0.3) is 0 Å². The van der Waals surface area contributed by atoms with Crippen molar-refractivity contribution in [1.29, 1.82) is 0 Å². The topological polar surface area (TPSA) is 49.4 Å². The molecule has 3 amide bonds. The molecule has 6 heteroatoms. The summed E-state index contributed by atoms with van der Waals surface area (Å²) in [7, 11) is 0. The van der Waals surface area contributed by atoms with E-state index < -0.39 is 29.6 Å². The minimum atomic E-state index is -0.931. The Morgan fingerprint density at radius 3 is 2.68 bits per heavy atom. The minimum absolute atomic E-state index is 0.220. The van der Waals surface area contributed by atoms with Crippen molar-refractivity contribution in [2.24, 2.45) is 0 Å². The van der Waals surface area contributed by atoms with E-state index in [0.717, 1.165) is 29.9 Å². The summed E-state index contributed by atoms with van der Waals surface area (Å²) in [6, 6.07) is 1.45. The molecular formula is C13H14F2N2O2. The Balaban J connectivity index is 2.25. The molecule has 1 aromatic carbocycles. The third-order valence-corrected chi connectivity index (χ3v) is 3.02. The van der Waals surface area contributed by atoms with Crippen LogP contribution in [0.4, 0.5) is 19.3 Å². The van der Waals surface area contributed by atoms with Crippen molar-refractivity contribution < 1.29 is 18.4 Å².